The van der Waals surface area contributed by atoms with Gasteiger partial charge in [0.25, 0.3) is 5.91 Å². The molecule has 1 aromatic heterocycles. The van der Waals surface area contributed by atoms with Crippen molar-refractivity contribution in [3.63, 3.8) is 0 Å². The van der Waals surface area contributed by atoms with Crippen molar-refractivity contribution >= 4 is 32.7 Å². The number of benzene rings is 1. The van der Waals surface area contributed by atoms with Gasteiger partial charge in [-0.1, -0.05) is 25.1 Å². The number of sulfone groups is 1. The van der Waals surface area contributed by atoms with Crippen LogP contribution in [0.25, 0.3) is 11.0 Å². The molecule has 27 heavy (non-hydrogen) atoms. The van der Waals surface area contributed by atoms with Gasteiger partial charge in [-0.25, -0.2) is 13.2 Å². The Bertz CT molecular complexity index is 915. The molecule has 1 aromatic carbocycles. The summed E-state index contributed by atoms with van der Waals surface area (Å²) in [5, 5.41) is 0.771. The molecule has 0 radical (unpaired) electrons. The Labute approximate surface area is 158 Å². The minimum atomic E-state index is -3.12. The number of fused-ring (bicyclic) bond motifs is 1. The van der Waals surface area contributed by atoms with E-state index in [4.69, 9.17) is 9.15 Å². The predicted molar refractivity (Wildman–Crippen MR) is 100 cm³/mol. The SMILES string of the molecule is CC[C@@H](C)N(C(=O)COC(=O)c1cc2ccccc2o1)[C@H]1CCS(=O)(=O)C1. The van der Waals surface area contributed by atoms with Crippen LogP contribution < -0.4 is 0 Å². The molecule has 7 nitrogen and oxygen atoms in total. The molecule has 0 bridgehead atoms. The van der Waals surface area contributed by atoms with Gasteiger partial charge >= 0.3 is 5.97 Å². The Morgan fingerprint density at radius 3 is 2.70 bits per heavy atom. The number of hydrogen-bond donors (Lipinski definition) is 0. The average molecular weight is 393 g/mol. The summed E-state index contributed by atoms with van der Waals surface area (Å²) in [6, 6.07) is 8.23. The van der Waals surface area contributed by atoms with E-state index in [1.165, 1.54) is 0 Å². The van der Waals surface area contributed by atoms with Gasteiger partial charge in [-0.05, 0) is 31.9 Å². The van der Waals surface area contributed by atoms with Crippen LogP contribution in [-0.4, -0.2) is 55.4 Å². The second kappa shape index (κ2) is 7.72. The van der Waals surface area contributed by atoms with Crippen LogP contribution in [0.15, 0.2) is 34.7 Å². The summed E-state index contributed by atoms with van der Waals surface area (Å²) in [4.78, 5) is 26.4. The molecule has 1 amide bonds. The zero-order valence-corrected chi connectivity index (χ0v) is 16.2. The number of carbonyl (C=O) groups excluding carboxylic acids is 2. The number of ether oxygens (including phenoxy) is 1. The first-order valence-corrected chi connectivity index (χ1v) is 10.8. The highest BCUT2D eigenvalue weighted by molar-refractivity contribution is 7.91. The van der Waals surface area contributed by atoms with Crippen molar-refractivity contribution in [3.8, 4) is 0 Å². The maximum Gasteiger partial charge on any atom is 0.374 e. The van der Waals surface area contributed by atoms with E-state index in [9.17, 15) is 18.0 Å². The van der Waals surface area contributed by atoms with E-state index in [1.54, 1.807) is 23.1 Å². The Kier molecular flexibility index (Phi) is 5.55. The van der Waals surface area contributed by atoms with Crippen LogP contribution in [0.3, 0.4) is 0 Å². The molecule has 2 heterocycles. The van der Waals surface area contributed by atoms with Crippen LogP contribution in [0.4, 0.5) is 0 Å². The van der Waals surface area contributed by atoms with E-state index in [0.717, 1.165) is 5.39 Å². The zero-order valence-electron chi connectivity index (χ0n) is 15.4. The van der Waals surface area contributed by atoms with Crippen molar-refractivity contribution in [2.45, 2.75) is 38.8 Å². The Hall–Kier alpha value is -2.35. The second-order valence-corrected chi connectivity index (χ2v) is 9.07. The second-order valence-electron chi connectivity index (χ2n) is 6.84. The lowest BCUT2D eigenvalue weighted by atomic mass is 10.1. The number of esters is 1. The summed E-state index contributed by atoms with van der Waals surface area (Å²) in [5.41, 5.74) is 0.563. The lowest BCUT2D eigenvalue weighted by Crippen LogP contribution is -2.48. The fraction of sp³-hybridized carbons (Fsp3) is 0.474. The molecule has 0 saturated carbocycles. The van der Waals surface area contributed by atoms with Crippen LogP contribution >= 0.6 is 0 Å². The van der Waals surface area contributed by atoms with Gasteiger partial charge < -0.3 is 14.1 Å². The highest BCUT2D eigenvalue weighted by Gasteiger charge is 2.36. The maximum atomic E-state index is 12.7. The van der Waals surface area contributed by atoms with Crippen molar-refractivity contribution in [1.29, 1.82) is 0 Å². The van der Waals surface area contributed by atoms with Crippen LogP contribution in [-0.2, 0) is 19.4 Å². The standard InChI is InChI=1S/C19H23NO6S/c1-3-13(2)20(15-8-9-27(23,24)12-15)18(21)11-25-19(22)17-10-14-6-4-5-7-16(14)26-17/h4-7,10,13,15H,3,8-9,11-12H2,1-2H3/t13-,15+/m1/s1. The predicted octanol–water partition coefficient (Wildman–Crippen LogP) is 2.40. The summed E-state index contributed by atoms with van der Waals surface area (Å²) in [5.74, 6) is -1.04. The molecular formula is C19H23NO6S. The highest BCUT2D eigenvalue weighted by atomic mass is 32.2. The van der Waals surface area contributed by atoms with E-state index >= 15 is 0 Å². The molecule has 3 rings (SSSR count). The molecule has 0 unspecified atom stereocenters. The topological polar surface area (TPSA) is 93.9 Å². The van der Waals surface area contributed by atoms with Crippen molar-refractivity contribution in [3.05, 3.63) is 36.1 Å². The lowest BCUT2D eigenvalue weighted by molar-refractivity contribution is -0.138. The number of nitrogens with zero attached hydrogens (tertiary/aromatic N) is 1. The normalized spacial score (nSPS) is 19.7. The number of hydrogen-bond acceptors (Lipinski definition) is 6. The van der Waals surface area contributed by atoms with E-state index in [2.05, 4.69) is 0 Å². The van der Waals surface area contributed by atoms with Crippen molar-refractivity contribution in [1.82, 2.24) is 4.90 Å². The number of rotatable bonds is 6. The van der Waals surface area contributed by atoms with Gasteiger partial charge in [0.1, 0.15) is 5.58 Å². The highest BCUT2D eigenvalue weighted by Crippen LogP contribution is 2.22. The molecule has 0 N–H and O–H groups in total. The first-order chi connectivity index (χ1) is 12.8. The van der Waals surface area contributed by atoms with E-state index in [0.29, 0.717) is 18.4 Å². The van der Waals surface area contributed by atoms with Gasteiger partial charge in [0, 0.05) is 17.5 Å². The molecule has 1 saturated heterocycles. The quantitative estimate of drug-likeness (QED) is 0.700. The van der Waals surface area contributed by atoms with Crippen molar-refractivity contribution in [2.75, 3.05) is 18.1 Å². The molecule has 0 aliphatic carbocycles. The number of carbonyl (C=O) groups is 2. The first kappa shape index (κ1) is 19.4. The largest absolute Gasteiger partial charge is 0.450 e. The number of amides is 1. The molecule has 146 valence electrons. The van der Waals surface area contributed by atoms with Crippen LogP contribution in [0.5, 0.6) is 0 Å². The summed E-state index contributed by atoms with van der Waals surface area (Å²) in [7, 11) is -3.12. The van der Waals surface area contributed by atoms with Crippen LogP contribution in [0.1, 0.15) is 37.2 Å². The van der Waals surface area contributed by atoms with E-state index in [-0.39, 0.29) is 29.3 Å². The smallest absolute Gasteiger partial charge is 0.374 e. The van der Waals surface area contributed by atoms with Crippen LogP contribution in [0.2, 0.25) is 0 Å². The third-order valence-electron chi connectivity index (χ3n) is 4.91. The zero-order chi connectivity index (χ0) is 19.6. The fourth-order valence-electron chi connectivity index (χ4n) is 3.36. The van der Waals surface area contributed by atoms with Crippen molar-refractivity contribution < 1.29 is 27.2 Å². The third-order valence-corrected chi connectivity index (χ3v) is 6.66. The summed E-state index contributed by atoms with van der Waals surface area (Å²) < 4.78 is 34.1. The van der Waals surface area contributed by atoms with Crippen LogP contribution in [0, 0.1) is 0 Å². The van der Waals surface area contributed by atoms with Crippen molar-refractivity contribution in [2.24, 2.45) is 0 Å². The molecule has 1 aliphatic heterocycles. The van der Waals surface area contributed by atoms with Gasteiger partial charge in [0.15, 0.2) is 16.4 Å². The lowest BCUT2D eigenvalue weighted by Gasteiger charge is -2.33. The van der Waals surface area contributed by atoms with Gasteiger partial charge in [0.05, 0.1) is 11.5 Å². The summed E-state index contributed by atoms with van der Waals surface area (Å²) in [6.07, 6.45) is 1.09. The van der Waals surface area contributed by atoms with Gasteiger partial charge in [-0.3, -0.25) is 4.79 Å². The Morgan fingerprint density at radius 2 is 2.07 bits per heavy atom. The summed E-state index contributed by atoms with van der Waals surface area (Å²) >= 11 is 0. The van der Waals surface area contributed by atoms with E-state index in [1.807, 2.05) is 26.0 Å². The minimum Gasteiger partial charge on any atom is -0.450 e. The third kappa shape index (κ3) is 4.32. The van der Waals surface area contributed by atoms with E-state index < -0.39 is 28.3 Å². The molecule has 0 spiro atoms. The molecule has 1 fully saturated rings. The Balaban J connectivity index is 1.67. The number of furan rings is 1. The Morgan fingerprint density at radius 1 is 1.33 bits per heavy atom. The monoisotopic (exact) mass is 393 g/mol. The van der Waals surface area contributed by atoms with Gasteiger partial charge in [0.2, 0.25) is 5.76 Å². The molecule has 8 heteroatoms. The fourth-order valence-corrected chi connectivity index (χ4v) is 5.07. The first-order valence-electron chi connectivity index (χ1n) is 8.98. The minimum absolute atomic E-state index is 0.0301. The maximum absolute atomic E-state index is 12.7. The van der Waals surface area contributed by atoms with Gasteiger partial charge in [-0.15, -0.1) is 0 Å². The molecule has 2 aromatic rings. The number of para-hydroxylation sites is 1. The molecule has 1 aliphatic rings. The molecule has 2 atom stereocenters. The average Bonchev–Trinajstić information content (AvgIpc) is 3.22. The van der Waals surface area contributed by atoms with Gasteiger partial charge in [-0.2, -0.15) is 0 Å². The molecular weight excluding hydrogens is 370 g/mol. The summed E-state index contributed by atoms with van der Waals surface area (Å²) in [6.45, 7) is 3.34.